The molecule has 0 atom stereocenters. The minimum Gasteiger partial charge on any atom is -0.397 e. The van der Waals surface area contributed by atoms with Crippen LogP contribution in [0.25, 0.3) is 0 Å². The molecule has 0 heterocycles. The lowest BCUT2D eigenvalue weighted by Crippen LogP contribution is -2.20. The van der Waals surface area contributed by atoms with Crippen molar-refractivity contribution in [2.75, 3.05) is 30.8 Å². The fraction of sp³-hybridized carbons (Fsp3) is 0.400. The molecule has 0 saturated carbocycles. The normalized spacial score (nSPS) is 11.5. The number of nitrogen functional groups attached to an aromatic ring is 1. The Labute approximate surface area is 102 Å². The van der Waals surface area contributed by atoms with Crippen LogP contribution in [0.15, 0.2) is 18.2 Å². The zero-order valence-electron chi connectivity index (χ0n) is 8.85. The van der Waals surface area contributed by atoms with E-state index in [1.54, 1.807) is 18.2 Å². The number of hydrogen-bond donors (Lipinski definition) is 2. The van der Waals surface area contributed by atoms with E-state index in [1.165, 1.54) is 0 Å². The highest BCUT2D eigenvalue weighted by Gasteiger charge is 2.27. The molecular formula is C10H12ClF3N2O. The largest absolute Gasteiger partial charge is 0.411 e. The number of benzene rings is 1. The fourth-order valence-corrected chi connectivity index (χ4v) is 1.30. The number of alkyl halides is 3. The third-order valence-corrected chi connectivity index (χ3v) is 2.08. The van der Waals surface area contributed by atoms with E-state index in [2.05, 4.69) is 10.1 Å². The Hall–Kier alpha value is -1.14. The van der Waals surface area contributed by atoms with E-state index >= 15 is 0 Å². The minimum atomic E-state index is -4.30. The Bertz CT molecular complexity index is 371. The second-order valence-electron chi connectivity index (χ2n) is 3.33. The number of rotatable bonds is 5. The van der Waals surface area contributed by atoms with Crippen LogP contribution in [0.4, 0.5) is 24.5 Å². The Morgan fingerprint density at radius 2 is 2.06 bits per heavy atom. The van der Waals surface area contributed by atoms with Gasteiger partial charge in [-0.3, -0.25) is 0 Å². The van der Waals surface area contributed by atoms with Crippen LogP contribution >= 0.6 is 11.6 Å². The Morgan fingerprint density at radius 1 is 1.35 bits per heavy atom. The summed E-state index contributed by atoms with van der Waals surface area (Å²) in [7, 11) is 0. The molecule has 1 aromatic rings. The number of halogens is 4. The molecule has 1 rings (SSSR count). The maximum Gasteiger partial charge on any atom is 0.411 e. The molecule has 0 aromatic heterocycles. The van der Waals surface area contributed by atoms with Crippen LogP contribution in [0.2, 0.25) is 5.02 Å². The third kappa shape index (κ3) is 5.65. The summed E-state index contributed by atoms with van der Waals surface area (Å²) < 4.78 is 39.6. The van der Waals surface area contributed by atoms with Crippen molar-refractivity contribution in [1.82, 2.24) is 0 Å². The Balaban J connectivity index is 2.29. The molecule has 0 amide bonds. The Kier molecular flexibility index (Phi) is 4.89. The van der Waals surface area contributed by atoms with Crippen LogP contribution in [0.5, 0.6) is 0 Å². The molecule has 1 aromatic carbocycles. The van der Waals surface area contributed by atoms with Crippen LogP contribution in [0, 0.1) is 0 Å². The maximum absolute atomic E-state index is 11.7. The van der Waals surface area contributed by atoms with Gasteiger partial charge in [0.1, 0.15) is 6.61 Å². The van der Waals surface area contributed by atoms with Gasteiger partial charge in [-0.15, -0.1) is 0 Å². The second kappa shape index (κ2) is 5.97. The first-order valence-electron chi connectivity index (χ1n) is 4.82. The van der Waals surface area contributed by atoms with Gasteiger partial charge in [-0.2, -0.15) is 13.2 Å². The van der Waals surface area contributed by atoms with Crippen LogP contribution in [0.3, 0.4) is 0 Å². The Morgan fingerprint density at radius 3 is 2.71 bits per heavy atom. The lowest BCUT2D eigenvalue weighted by atomic mass is 10.2. The SMILES string of the molecule is Nc1ccc(Cl)cc1NCCOCC(F)(F)F. The fourth-order valence-electron chi connectivity index (χ4n) is 1.13. The van der Waals surface area contributed by atoms with Gasteiger partial charge in [0, 0.05) is 11.6 Å². The molecule has 0 aliphatic heterocycles. The summed E-state index contributed by atoms with van der Waals surface area (Å²) in [6.07, 6.45) is -4.30. The second-order valence-corrected chi connectivity index (χ2v) is 3.76. The highest BCUT2D eigenvalue weighted by molar-refractivity contribution is 6.31. The van der Waals surface area contributed by atoms with Gasteiger partial charge in [0.2, 0.25) is 0 Å². The zero-order valence-corrected chi connectivity index (χ0v) is 9.61. The van der Waals surface area contributed by atoms with Crippen LogP contribution < -0.4 is 11.1 Å². The molecule has 0 radical (unpaired) electrons. The van der Waals surface area contributed by atoms with E-state index < -0.39 is 12.8 Å². The smallest absolute Gasteiger partial charge is 0.397 e. The zero-order chi connectivity index (χ0) is 12.9. The summed E-state index contributed by atoms with van der Waals surface area (Å²) in [5.74, 6) is 0. The first-order valence-corrected chi connectivity index (χ1v) is 5.20. The predicted molar refractivity (Wildman–Crippen MR) is 61.2 cm³/mol. The summed E-state index contributed by atoms with van der Waals surface area (Å²) in [6, 6.07) is 4.84. The van der Waals surface area contributed by atoms with Crippen molar-refractivity contribution in [1.29, 1.82) is 0 Å². The summed E-state index contributed by atoms with van der Waals surface area (Å²) in [5.41, 5.74) is 6.69. The quantitative estimate of drug-likeness (QED) is 0.638. The summed E-state index contributed by atoms with van der Waals surface area (Å²) >= 11 is 5.74. The predicted octanol–water partition coefficient (Wildman–Crippen LogP) is 2.91. The van der Waals surface area contributed by atoms with Gasteiger partial charge in [0.05, 0.1) is 18.0 Å². The number of anilines is 2. The van der Waals surface area contributed by atoms with Gasteiger partial charge in [-0.25, -0.2) is 0 Å². The lowest BCUT2D eigenvalue weighted by molar-refractivity contribution is -0.172. The number of nitrogens with two attached hydrogens (primary N) is 1. The summed E-state index contributed by atoms with van der Waals surface area (Å²) in [4.78, 5) is 0. The topological polar surface area (TPSA) is 47.3 Å². The molecule has 7 heteroatoms. The van der Waals surface area contributed by atoms with Crippen LogP contribution in [0.1, 0.15) is 0 Å². The molecule has 0 saturated heterocycles. The van der Waals surface area contributed by atoms with E-state index in [0.29, 0.717) is 16.4 Å². The molecule has 96 valence electrons. The average molecular weight is 269 g/mol. The van der Waals surface area contributed by atoms with E-state index in [9.17, 15) is 13.2 Å². The van der Waals surface area contributed by atoms with Crippen molar-refractivity contribution in [3.8, 4) is 0 Å². The van der Waals surface area contributed by atoms with Crippen molar-refractivity contribution in [2.24, 2.45) is 0 Å². The lowest BCUT2D eigenvalue weighted by Gasteiger charge is -2.11. The molecule has 0 fully saturated rings. The van der Waals surface area contributed by atoms with Gasteiger partial charge >= 0.3 is 6.18 Å². The molecule has 17 heavy (non-hydrogen) atoms. The molecule has 0 spiro atoms. The average Bonchev–Trinajstić information content (AvgIpc) is 2.21. The van der Waals surface area contributed by atoms with Gasteiger partial charge in [-0.1, -0.05) is 11.6 Å². The van der Waals surface area contributed by atoms with Gasteiger partial charge in [-0.05, 0) is 18.2 Å². The van der Waals surface area contributed by atoms with Crippen molar-refractivity contribution in [2.45, 2.75) is 6.18 Å². The van der Waals surface area contributed by atoms with Crippen molar-refractivity contribution < 1.29 is 17.9 Å². The van der Waals surface area contributed by atoms with E-state index in [-0.39, 0.29) is 13.2 Å². The number of nitrogens with one attached hydrogen (secondary N) is 1. The molecule has 0 unspecified atom stereocenters. The summed E-state index contributed by atoms with van der Waals surface area (Å²) in [5, 5.41) is 3.34. The van der Waals surface area contributed by atoms with Gasteiger partial charge < -0.3 is 15.8 Å². The molecule has 3 N–H and O–H groups in total. The van der Waals surface area contributed by atoms with Crippen LogP contribution in [-0.2, 0) is 4.74 Å². The monoisotopic (exact) mass is 268 g/mol. The van der Waals surface area contributed by atoms with Gasteiger partial charge in [0.25, 0.3) is 0 Å². The molecule has 0 aliphatic carbocycles. The van der Waals surface area contributed by atoms with Crippen molar-refractivity contribution in [3.63, 3.8) is 0 Å². The minimum absolute atomic E-state index is 0.0640. The van der Waals surface area contributed by atoms with E-state index in [0.717, 1.165) is 0 Å². The highest BCUT2D eigenvalue weighted by atomic mass is 35.5. The van der Waals surface area contributed by atoms with Crippen molar-refractivity contribution in [3.05, 3.63) is 23.2 Å². The third-order valence-electron chi connectivity index (χ3n) is 1.84. The first kappa shape index (κ1) is 13.9. The van der Waals surface area contributed by atoms with E-state index in [4.69, 9.17) is 17.3 Å². The standard InChI is InChI=1S/C10H12ClF3N2O/c11-7-1-2-8(15)9(5-7)16-3-4-17-6-10(12,13)14/h1-2,5,16H,3-4,6,15H2. The maximum atomic E-state index is 11.7. The number of hydrogen-bond acceptors (Lipinski definition) is 3. The highest BCUT2D eigenvalue weighted by Crippen LogP contribution is 2.22. The molecule has 3 nitrogen and oxygen atoms in total. The van der Waals surface area contributed by atoms with E-state index in [1.807, 2.05) is 0 Å². The van der Waals surface area contributed by atoms with Crippen LogP contribution in [-0.4, -0.2) is 25.9 Å². The summed E-state index contributed by atoms with van der Waals surface area (Å²) in [6.45, 7) is -1.09. The number of ether oxygens (including phenoxy) is 1. The molecule has 0 bridgehead atoms. The first-order chi connectivity index (χ1) is 7.88. The molecule has 0 aliphatic rings. The van der Waals surface area contributed by atoms with Gasteiger partial charge in [0.15, 0.2) is 0 Å². The van der Waals surface area contributed by atoms with Crippen molar-refractivity contribution >= 4 is 23.0 Å². The molecular weight excluding hydrogens is 257 g/mol.